The second-order valence-corrected chi connectivity index (χ2v) is 10.2. The zero-order valence-corrected chi connectivity index (χ0v) is 20.1. The molecule has 2 aliphatic carbocycles. The van der Waals surface area contributed by atoms with Gasteiger partial charge in [0.1, 0.15) is 17.9 Å². The highest BCUT2D eigenvalue weighted by atomic mass is 16.5. The molecule has 1 unspecified atom stereocenters. The molecule has 8 nitrogen and oxygen atoms in total. The third-order valence-corrected chi connectivity index (χ3v) is 8.09. The number of hydrogen-bond donors (Lipinski definition) is 1. The van der Waals surface area contributed by atoms with Crippen molar-refractivity contribution in [3.05, 3.63) is 29.3 Å². The van der Waals surface area contributed by atoms with Crippen LogP contribution in [0.5, 0.6) is 5.75 Å². The van der Waals surface area contributed by atoms with Crippen molar-refractivity contribution in [3.8, 4) is 5.75 Å². The standard InChI is InChI=1S/C26H35N3O5/c1-3-28(14-16-11-19(12-16)33-2)21-5-4-6-23(21)34-18-7-8-20-17(13-18)15-29(26(20)32)22-9-10-24(30)27-25(22)31/h7-8,13,16,19,21-23H,3-6,9-12,14-15H2,1-2H3,(H,27,30,31)/t16-,19-,21-,22?,23-/m0/s1. The molecule has 4 aliphatic rings. The SMILES string of the molecule is CCN(C[C@H]1C[C@H](OC)C1)[C@H]1CCC[C@@H]1Oc1ccc2c(c1)CN(C1CCC(=O)NC1=O)C2=O. The smallest absolute Gasteiger partial charge is 0.255 e. The monoisotopic (exact) mass is 469 g/mol. The summed E-state index contributed by atoms with van der Waals surface area (Å²) in [5.74, 6) is 0.680. The van der Waals surface area contributed by atoms with Crippen molar-refractivity contribution in [2.75, 3.05) is 20.2 Å². The van der Waals surface area contributed by atoms with Crippen molar-refractivity contribution in [1.29, 1.82) is 0 Å². The zero-order chi connectivity index (χ0) is 23.8. The molecule has 0 bridgehead atoms. The summed E-state index contributed by atoms with van der Waals surface area (Å²) in [5.41, 5.74) is 1.50. The summed E-state index contributed by atoms with van der Waals surface area (Å²) in [7, 11) is 1.80. The molecule has 34 heavy (non-hydrogen) atoms. The molecule has 1 aromatic carbocycles. The summed E-state index contributed by atoms with van der Waals surface area (Å²) in [6, 6.07) is 5.47. The van der Waals surface area contributed by atoms with E-state index in [2.05, 4.69) is 17.1 Å². The molecule has 3 amide bonds. The summed E-state index contributed by atoms with van der Waals surface area (Å²) in [4.78, 5) is 40.9. The van der Waals surface area contributed by atoms with Crippen molar-refractivity contribution >= 4 is 17.7 Å². The number of benzene rings is 1. The fraction of sp³-hybridized carbons (Fsp3) is 0.654. The zero-order valence-electron chi connectivity index (χ0n) is 20.1. The number of imide groups is 1. The van der Waals surface area contributed by atoms with Crippen LogP contribution < -0.4 is 10.1 Å². The van der Waals surface area contributed by atoms with Crippen molar-refractivity contribution in [2.45, 2.75) is 82.7 Å². The Labute approximate surface area is 200 Å². The van der Waals surface area contributed by atoms with Gasteiger partial charge in [0.2, 0.25) is 11.8 Å². The number of piperidine rings is 1. The first-order valence-electron chi connectivity index (χ1n) is 12.7. The summed E-state index contributed by atoms with van der Waals surface area (Å²) in [5, 5.41) is 2.35. The number of ether oxygens (including phenoxy) is 2. The number of fused-ring (bicyclic) bond motifs is 1. The predicted octanol–water partition coefficient (Wildman–Crippen LogP) is 2.49. The second kappa shape index (κ2) is 9.66. The van der Waals surface area contributed by atoms with E-state index in [1.54, 1.807) is 12.0 Å². The van der Waals surface area contributed by atoms with E-state index >= 15 is 0 Å². The first-order valence-corrected chi connectivity index (χ1v) is 12.7. The van der Waals surface area contributed by atoms with Gasteiger partial charge in [-0.3, -0.25) is 24.6 Å². The minimum absolute atomic E-state index is 0.139. The molecule has 3 fully saturated rings. The molecule has 8 heteroatoms. The van der Waals surface area contributed by atoms with Gasteiger partial charge in [0.15, 0.2) is 0 Å². The van der Waals surface area contributed by atoms with Crippen molar-refractivity contribution in [1.82, 2.24) is 15.1 Å². The Morgan fingerprint density at radius 2 is 1.97 bits per heavy atom. The molecule has 2 heterocycles. The molecule has 184 valence electrons. The summed E-state index contributed by atoms with van der Waals surface area (Å²) in [6.45, 7) is 4.71. The van der Waals surface area contributed by atoms with Gasteiger partial charge in [-0.1, -0.05) is 6.92 Å². The Morgan fingerprint density at radius 1 is 1.15 bits per heavy atom. The number of amides is 3. The fourth-order valence-corrected chi connectivity index (χ4v) is 6.11. The molecular formula is C26H35N3O5. The maximum atomic E-state index is 12.9. The van der Waals surface area contributed by atoms with Crippen LogP contribution in [0.4, 0.5) is 0 Å². The minimum Gasteiger partial charge on any atom is -0.489 e. The molecule has 0 aromatic heterocycles. The molecule has 5 rings (SSSR count). The molecule has 0 spiro atoms. The summed E-state index contributed by atoms with van der Waals surface area (Å²) < 4.78 is 12.0. The summed E-state index contributed by atoms with van der Waals surface area (Å²) >= 11 is 0. The molecule has 0 radical (unpaired) electrons. The molecular weight excluding hydrogens is 434 g/mol. The van der Waals surface area contributed by atoms with Crippen LogP contribution in [-0.2, 0) is 20.9 Å². The van der Waals surface area contributed by atoms with Crippen molar-refractivity contribution < 1.29 is 23.9 Å². The van der Waals surface area contributed by atoms with E-state index in [4.69, 9.17) is 9.47 Å². The number of likely N-dealkylation sites (N-methyl/N-ethyl adjacent to an activating group) is 1. The minimum atomic E-state index is -0.594. The molecule has 3 atom stereocenters. The van der Waals surface area contributed by atoms with Crippen LogP contribution in [0, 0.1) is 5.92 Å². The van der Waals surface area contributed by atoms with E-state index in [1.807, 2.05) is 18.2 Å². The summed E-state index contributed by atoms with van der Waals surface area (Å²) in [6.07, 6.45) is 6.82. The highest BCUT2D eigenvalue weighted by Gasteiger charge is 2.40. The number of methoxy groups -OCH3 is 1. The maximum Gasteiger partial charge on any atom is 0.255 e. The largest absolute Gasteiger partial charge is 0.489 e. The van der Waals surface area contributed by atoms with E-state index in [-0.39, 0.29) is 30.2 Å². The number of nitrogens with zero attached hydrogens (tertiary/aromatic N) is 2. The number of hydrogen-bond acceptors (Lipinski definition) is 6. The number of carbonyl (C=O) groups is 3. The molecule has 1 N–H and O–H groups in total. The third kappa shape index (κ3) is 4.45. The topological polar surface area (TPSA) is 88.2 Å². The lowest BCUT2D eigenvalue weighted by Gasteiger charge is -2.40. The van der Waals surface area contributed by atoms with Gasteiger partial charge in [-0.05, 0) is 74.8 Å². The van der Waals surface area contributed by atoms with Crippen LogP contribution in [0.1, 0.15) is 67.8 Å². The van der Waals surface area contributed by atoms with Gasteiger partial charge in [0.25, 0.3) is 5.91 Å². The average molecular weight is 470 g/mol. The van der Waals surface area contributed by atoms with Crippen LogP contribution in [-0.4, -0.2) is 72.0 Å². The van der Waals surface area contributed by atoms with Gasteiger partial charge in [0, 0.05) is 38.2 Å². The first kappa shape index (κ1) is 23.3. The Kier molecular flexibility index (Phi) is 6.62. The number of rotatable bonds is 8. The van der Waals surface area contributed by atoms with Gasteiger partial charge >= 0.3 is 0 Å². The van der Waals surface area contributed by atoms with Crippen molar-refractivity contribution in [3.63, 3.8) is 0 Å². The van der Waals surface area contributed by atoms with Crippen LogP contribution in [0.2, 0.25) is 0 Å². The van der Waals surface area contributed by atoms with Gasteiger partial charge in [-0.15, -0.1) is 0 Å². The highest BCUT2D eigenvalue weighted by Crippen LogP contribution is 2.35. The quantitative estimate of drug-likeness (QED) is 0.589. The molecule has 2 saturated carbocycles. The fourth-order valence-electron chi connectivity index (χ4n) is 6.11. The third-order valence-electron chi connectivity index (χ3n) is 8.09. The van der Waals surface area contributed by atoms with Gasteiger partial charge < -0.3 is 14.4 Å². The Balaban J connectivity index is 1.23. The first-order chi connectivity index (χ1) is 16.5. The second-order valence-electron chi connectivity index (χ2n) is 10.2. The van der Waals surface area contributed by atoms with E-state index in [0.29, 0.717) is 36.6 Å². The Hall–Kier alpha value is -2.45. The van der Waals surface area contributed by atoms with Gasteiger partial charge in [0.05, 0.1) is 6.10 Å². The van der Waals surface area contributed by atoms with E-state index in [1.165, 1.54) is 0 Å². The Morgan fingerprint density at radius 3 is 2.71 bits per heavy atom. The van der Waals surface area contributed by atoms with Crippen LogP contribution in [0.25, 0.3) is 0 Å². The van der Waals surface area contributed by atoms with E-state index < -0.39 is 6.04 Å². The van der Waals surface area contributed by atoms with Crippen LogP contribution in [0.3, 0.4) is 0 Å². The van der Waals surface area contributed by atoms with Crippen molar-refractivity contribution in [2.24, 2.45) is 5.92 Å². The molecule has 1 saturated heterocycles. The van der Waals surface area contributed by atoms with Crippen LogP contribution >= 0.6 is 0 Å². The lowest BCUT2D eigenvalue weighted by Crippen LogP contribution is -2.52. The molecule has 1 aromatic rings. The lowest BCUT2D eigenvalue weighted by molar-refractivity contribution is -0.136. The normalized spacial score (nSPS) is 31.0. The molecule has 2 aliphatic heterocycles. The van der Waals surface area contributed by atoms with Gasteiger partial charge in [-0.2, -0.15) is 0 Å². The number of nitrogens with one attached hydrogen (secondary N) is 1. The maximum absolute atomic E-state index is 12.9. The van der Waals surface area contributed by atoms with Crippen LogP contribution in [0.15, 0.2) is 18.2 Å². The highest BCUT2D eigenvalue weighted by molar-refractivity contribution is 6.05. The van der Waals surface area contributed by atoms with E-state index in [9.17, 15) is 14.4 Å². The average Bonchev–Trinajstić information content (AvgIpc) is 3.37. The van der Waals surface area contributed by atoms with Gasteiger partial charge in [-0.25, -0.2) is 0 Å². The Bertz CT molecular complexity index is 960. The predicted molar refractivity (Wildman–Crippen MR) is 125 cm³/mol. The van der Waals surface area contributed by atoms with E-state index in [0.717, 1.165) is 56.5 Å². The lowest BCUT2D eigenvalue weighted by atomic mass is 9.81. The number of carbonyl (C=O) groups excluding carboxylic acids is 3.